The lowest BCUT2D eigenvalue weighted by Crippen LogP contribution is -2.37. The van der Waals surface area contributed by atoms with Gasteiger partial charge in [0, 0.05) is 49.0 Å². The highest BCUT2D eigenvalue weighted by atomic mass is 19.1. The first-order valence-electron chi connectivity index (χ1n) is 11.6. The molecule has 0 unspecified atom stereocenters. The lowest BCUT2D eigenvalue weighted by atomic mass is 9.96. The van der Waals surface area contributed by atoms with Crippen molar-refractivity contribution in [1.29, 1.82) is 0 Å². The van der Waals surface area contributed by atoms with E-state index in [0.717, 1.165) is 86.7 Å². The number of rotatable bonds is 5. The number of benzene rings is 1. The summed E-state index contributed by atoms with van der Waals surface area (Å²) in [6, 6.07) is 6.77. The Balaban J connectivity index is 1.43. The first-order chi connectivity index (χ1) is 15.0. The van der Waals surface area contributed by atoms with Crippen LogP contribution >= 0.6 is 0 Å². The molecule has 1 aromatic heterocycles. The predicted octanol–water partition coefficient (Wildman–Crippen LogP) is 4.17. The van der Waals surface area contributed by atoms with Crippen molar-refractivity contribution in [1.82, 2.24) is 19.8 Å². The number of hydrogen-bond donors (Lipinski definition) is 0. The van der Waals surface area contributed by atoms with Gasteiger partial charge in [0.1, 0.15) is 11.6 Å². The normalized spacial score (nSPS) is 20.1. The molecule has 1 amide bonds. The van der Waals surface area contributed by atoms with Crippen molar-refractivity contribution in [2.45, 2.75) is 64.8 Å². The van der Waals surface area contributed by atoms with E-state index in [2.05, 4.69) is 4.90 Å². The van der Waals surface area contributed by atoms with Crippen molar-refractivity contribution in [2.75, 3.05) is 26.2 Å². The van der Waals surface area contributed by atoms with Crippen LogP contribution in [0.25, 0.3) is 0 Å². The number of likely N-dealkylation sites (tertiary alicyclic amines) is 2. The average Bonchev–Trinajstić information content (AvgIpc) is 2.78. The van der Waals surface area contributed by atoms with Gasteiger partial charge in [-0.15, -0.1) is 0 Å². The Bertz CT molecular complexity index is 885. The molecule has 0 saturated carbocycles. The second-order valence-electron chi connectivity index (χ2n) is 9.05. The summed E-state index contributed by atoms with van der Waals surface area (Å²) in [6.45, 7) is 8.53. The van der Waals surface area contributed by atoms with Gasteiger partial charge >= 0.3 is 0 Å². The topological polar surface area (TPSA) is 49.3 Å². The van der Waals surface area contributed by atoms with E-state index < -0.39 is 0 Å². The van der Waals surface area contributed by atoms with E-state index >= 15 is 0 Å². The third-order valence-corrected chi connectivity index (χ3v) is 6.66. The molecule has 3 heterocycles. The van der Waals surface area contributed by atoms with Crippen molar-refractivity contribution in [3.05, 3.63) is 58.4 Å². The van der Waals surface area contributed by atoms with Gasteiger partial charge in [0.15, 0.2) is 0 Å². The van der Waals surface area contributed by atoms with Crippen LogP contribution in [0.15, 0.2) is 24.3 Å². The molecular weight excluding hydrogens is 391 g/mol. The van der Waals surface area contributed by atoms with Crippen LogP contribution in [0, 0.1) is 19.7 Å². The predicted molar refractivity (Wildman–Crippen MR) is 119 cm³/mol. The van der Waals surface area contributed by atoms with Crippen LogP contribution in [0.5, 0.6) is 0 Å². The van der Waals surface area contributed by atoms with Crippen LogP contribution in [0.4, 0.5) is 4.39 Å². The number of piperidine rings is 2. The van der Waals surface area contributed by atoms with E-state index in [4.69, 9.17) is 9.97 Å². The molecule has 2 aliphatic rings. The van der Waals surface area contributed by atoms with E-state index in [0.29, 0.717) is 12.3 Å². The number of carbonyl (C=O) groups is 1. The maximum atomic E-state index is 13.2. The fourth-order valence-corrected chi connectivity index (χ4v) is 4.87. The lowest BCUT2D eigenvalue weighted by Gasteiger charge is -2.32. The summed E-state index contributed by atoms with van der Waals surface area (Å²) in [5, 5.41) is 0. The van der Waals surface area contributed by atoms with Crippen LogP contribution in [-0.2, 0) is 17.8 Å². The molecule has 2 aromatic rings. The van der Waals surface area contributed by atoms with E-state index in [-0.39, 0.29) is 11.7 Å². The molecule has 0 radical (unpaired) electrons. The standard InChI is InChI=1S/C25H33FN4O/c1-18-23(15-24(31)30-13-4-3-5-14-30)19(2)28-25(27-18)21-7-6-12-29(17-21)16-20-8-10-22(26)11-9-20/h8-11,21H,3-7,12-17H2,1-2H3/t21-/m1/s1. The second-order valence-corrected chi connectivity index (χ2v) is 9.05. The van der Waals surface area contributed by atoms with E-state index in [9.17, 15) is 9.18 Å². The largest absolute Gasteiger partial charge is 0.342 e. The van der Waals surface area contributed by atoms with Crippen molar-refractivity contribution in [2.24, 2.45) is 0 Å². The van der Waals surface area contributed by atoms with Crippen LogP contribution in [0.3, 0.4) is 0 Å². The van der Waals surface area contributed by atoms with E-state index in [1.54, 1.807) is 0 Å². The fraction of sp³-hybridized carbons (Fsp3) is 0.560. The van der Waals surface area contributed by atoms with Gasteiger partial charge in [-0.25, -0.2) is 14.4 Å². The molecule has 5 nitrogen and oxygen atoms in total. The van der Waals surface area contributed by atoms with Crippen molar-refractivity contribution in [3.63, 3.8) is 0 Å². The van der Waals surface area contributed by atoms with Gasteiger partial charge in [-0.2, -0.15) is 0 Å². The third kappa shape index (κ3) is 5.48. The van der Waals surface area contributed by atoms with E-state index in [1.165, 1.54) is 18.6 Å². The number of aryl methyl sites for hydroxylation is 2. The van der Waals surface area contributed by atoms with Gasteiger partial charge in [0.2, 0.25) is 5.91 Å². The number of nitrogens with zero attached hydrogens (tertiary/aromatic N) is 4. The summed E-state index contributed by atoms with van der Waals surface area (Å²) in [7, 11) is 0. The summed E-state index contributed by atoms with van der Waals surface area (Å²) in [5.41, 5.74) is 3.98. The van der Waals surface area contributed by atoms with Gasteiger partial charge in [-0.05, 0) is 70.2 Å². The third-order valence-electron chi connectivity index (χ3n) is 6.66. The monoisotopic (exact) mass is 424 g/mol. The molecule has 31 heavy (non-hydrogen) atoms. The maximum Gasteiger partial charge on any atom is 0.227 e. The Labute approximate surface area is 184 Å². The second kappa shape index (κ2) is 9.86. The summed E-state index contributed by atoms with van der Waals surface area (Å²) in [5.74, 6) is 1.19. The molecule has 4 rings (SSSR count). The molecule has 0 spiro atoms. The first kappa shape index (κ1) is 21.9. The van der Waals surface area contributed by atoms with Crippen molar-refractivity contribution in [3.8, 4) is 0 Å². The van der Waals surface area contributed by atoms with Gasteiger partial charge in [0.25, 0.3) is 0 Å². The Morgan fingerprint density at radius 3 is 2.35 bits per heavy atom. The average molecular weight is 425 g/mol. The Morgan fingerprint density at radius 1 is 1.00 bits per heavy atom. The highest BCUT2D eigenvalue weighted by molar-refractivity contribution is 5.79. The fourth-order valence-electron chi connectivity index (χ4n) is 4.87. The molecule has 1 atom stereocenters. The highest BCUT2D eigenvalue weighted by Crippen LogP contribution is 2.27. The van der Waals surface area contributed by atoms with Gasteiger partial charge < -0.3 is 4.90 Å². The number of carbonyl (C=O) groups excluding carboxylic acids is 1. The van der Waals surface area contributed by atoms with E-state index in [1.807, 2.05) is 30.9 Å². The molecule has 0 bridgehead atoms. The lowest BCUT2D eigenvalue weighted by molar-refractivity contribution is -0.131. The summed E-state index contributed by atoms with van der Waals surface area (Å²) in [4.78, 5) is 26.8. The molecule has 0 N–H and O–H groups in total. The Kier molecular flexibility index (Phi) is 6.96. The zero-order valence-electron chi connectivity index (χ0n) is 18.7. The minimum absolute atomic E-state index is 0.196. The molecule has 6 heteroatoms. The highest BCUT2D eigenvalue weighted by Gasteiger charge is 2.26. The zero-order chi connectivity index (χ0) is 21.8. The minimum atomic E-state index is -0.196. The molecule has 2 fully saturated rings. The van der Waals surface area contributed by atoms with Gasteiger partial charge in [0.05, 0.1) is 6.42 Å². The molecule has 166 valence electrons. The molecule has 2 saturated heterocycles. The number of amides is 1. The smallest absolute Gasteiger partial charge is 0.227 e. The number of halogens is 1. The SMILES string of the molecule is Cc1nc([C@@H]2CCCN(Cc3ccc(F)cc3)C2)nc(C)c1CC(=O)N1CCCCC1. The van der Waals surface area contributed by atoms with Crippen molar-refractivity contribution < 1.29 is 9.18 Å². The van der Waals surface area contributed by atoms with Crippen LogP contribution in [0.1, 0.15) is 66.4 Å². The Morgan fingerprint density at radius 2 is 1.68 bits per heavy atom. The molecule has 1 aromatic carbocycles. The number of aromatic nitrogens is 2. The van der Waals surface area contributed by atoms with Crippen LogP contribution in [-0.4, -0.2) is 51.9 Å². The molecule has 0 aliphatic carbocycles. The molecule has 2 aliphatic heterocycles. The summed E-state index contributed by atoms with van der Waals surface area (Å²) >= 11 is 0. The zero-order valence-corrected chi connectivity index (χ0v) is 18.7. The summed E-state index contributed by atoms with van der Waals surface area (Å²) in [6.07, 6.45) is 6.01. The number of hydrogen-bond acceptors (Lipinski definition) is 4. The van der Waals surface area contributed by atoms with Crippen LogP contribution in [0.2, 0.25) is 0 Å². The Hall–Kier alpha value is -2.34. The summed E-state index contributed by atoms with van der Waals surface area (Å²) < 4.78 is 13.2. The minimum Gasteiger partial charge on any atom is -0.342 e. The first-order valence-corrected chi connectivity index (χ1v) is 11.6. The maximum absolute atomic E-state index is 13.2. The van der Waals surface area contributed by atoms with Crippen LogP contribution < -0.4 is 0 Å². The quantitative estimate of drug-likeness (QED) is 0.723. The molecular formula is C25H33FN4O. The van der Waals surface area contributed by atoms with Crippen molar-refractivity contribution >= 4 is 5.91 Å². The van der Waals surface area contributed by atoms with Gasteiger partial charge in [-0.1, -0.05) is 12.1 Å². The van der Waals surface area contributed by atoms with Gasteiger partial charge in [-0.3, -0.25) is 9.69 Å².